The molecule has 128 valence electrons. The van der Waals surface area contributed by atoms with Gasteiger partial charge >= 0.3 is 6.09 Å². The minimum absolute atomic E-state index is 0.0375. The van der Waals surface area contributed by atoms with Crippen molar-refractivity contribution < 1.29 is 19.4 Å². The minimum Gasteiger partial charge on any atom is -0.444 e. The Kier molecular flexibility index (Phi) is 4.79. The fourth-order valence-corrected chi connectivity index (χ4v) is 3.63. The molecule has 4 unspecified atom stereocenters. The standard InChI is InChI=1S/C17H31NO4/c1-11-9-21-10-13(12-7-8-17(5,6)14(12)19)18(11)15(20)22-16(2,3)4/h11-14,19H,7-10H2,1-6H3. The topological polar surface area (TPSA) is 59.0 Å². The van der Waals surface area contributed by atoms with Crippen LogP contribution in [0, 0.1) is 11.3 Å². The van der Waals surface area contributed by atoms with Crippen molar-refractivity contribution in [1.82, 2.24) is 4.90 Å². The van der Waals surface area contributed by atoms with Crippen LogP contribution in [0.2, 0.25) is 0 Å². The van der Waals surface area contributed by atoms with Crippen LogP contribution in [-0.4, -0.2) is 53.1 Å². The number of hydrogen-bond donors (Lipinski definition) is 1. The second-order valence-corrected chi connectivity index (χ2v) is 8.48. The van der Waals surface area contributed by atoms with Gasteiger partial charge in [-0.05, 0) is 46.0 Å². The SMILES string of the molecule is CC1COCC(C2CCC(C)(C)C2O)N1C(=O)OC(C)(C)C. The van der Waals surface area contributed by atoms with E-state index in [1.54, 1.807) is 4.90 Å². The van der Waals surface area contributed by atoms with Crippen molar-refractivity contribution in [1.29, 1.82) is 0 Å². The lowest BCUT2D eigenvalue weighted by Crippen LogP contribution is -2.59. The largest absolute Gasteiger partial charge is 0.444 e. The molecule has 1 saturated carbocycles. The molecule has 5 nitrogen and oxygen atoms in total. The summed E-state index contributed by atoms with van der Waals surface area (Å²) in [4.78, 5) is 14.4. The van der Waals surface area contributed by atoms with Gasteiger partial charge in [0.25, 0.3) is 0 Å². The molecule has 1 aliphatic heterocycles. The second-order valence-electron chi connectivity index (χ2n) is 8.48. The predicted molar refractivity (Wildman–Crippen MR) is 84.7 cm³/mol. The number of hydrogen-bond acceptors (Lipinski definition) is 4. The van der Waals surface area contributed by atoms with Crippen LogP contribution in [0.25, 0.3) is 0 Å². The van der Waals surface area contributed by atoms with Crippen LogP contribution < -0.4 is 0 Å². The van der Waals surface area contributed by atoms with Crippen LogP contribution in [0.5, 0.6) is 0 Å². The molecule has 5 heteroatoms. The Morgan fingerprint density at radius 2 is 1.95 bits per heavy atom. The first-order valence-electron chi connectivity index (χ1n) is 8.30. The molecular formula is C17H31NO4. The van der Waals surface area contributed by atoms with Gasteiger partial charge in [0, 0.05) is 5.92 Å². The lowest BCUT2D eigenvalue weighted by molar-refractivity contribution is -0.0890. The van der Waals surface area contributed by atoms with Crippen molar-refractivity contribution in [3.63, 3.8) is 0 Å². The van der Waals surface area contributed by atoms with E-state index in [2.05, 4.69) is 13.8 Å². The number of rotatable bonds is 1. The highest BCUT2D eigenvalue weighted by Crippen LogP contribution is 2.44. The Bertz CT molecular complexity index is 415. The lowest BCUT2D eigenvalue weighted by Gasteiger charge is -2.44. The van der Waals surface area contributed by atoms with Crippen molar-refractivity contribution in [3.05, 3.63) is 0 Å². The van der Waals surface area contributed by atoms with Gasteiger partial charge < -0.3 is 14.6 Å². The molecule has 0 aromatic heterocycles. The molecule has 0 spiro atoms. The fourth-order valence-electron chi connectivity index (χ4n) is 3.63. The van der Waals surface area contributed by atoms with E-state index in [1.807, 2.05) is 27.7 Å². The van der Waals surface area contributed by atoms with E-state index < -0.39 is 11.7 Å². The number of amides is 1. The summed E-state index contributed by atoms with van der Waals surface area (Å²) in [7, 11) is 0. The molecule has 22 heavy (non-hydrogen) atoms. The van der Waals surface area contributed by atoms with Gasteiger partial charge in [0.05, 0.1) is 31.4 Å². The van der Waals surface area contributed by atoms with Crippen molar-refractivity contribution >= 4 is 6.09 Å². The summed E-state index contributed by atoms with van der Waals surface area (Å²) in [6.45, 7) is 12.8. The zero-order chi connectivity index (χ0) is 16.7. The Balaban J connectivity index is 2.19. The summed E-state index contributed by atoms with van der Waals surface area (Å²) in [5.41, 5.74) is -0.627. The number of aliphatic hydroxyl groups excluding tert-OH is 1. The highest BCUT2D eigenvalue weighted by molar-refractivity contribution is 5.69. The van der Waals surface area contributed by atoms with Crippen LogP contribution in [0.3, 0.4) is 0 Å². The number of morpholine rings is 1. The Morgan fingerprint density at radius 3 is 2.45 bits per heavy atom. The van der Waals surface area contributed by atoms with Crippen LogP contribution in [-0.2, 0) is 9.47 Å². The normalized spacial score (nSPS) is 35.5. The monoisotopic (exact) mass is 313 g/mol. The first-order chi connectivity index (χ1) is 10.0. The molecule has 1 N–H and O–H groups in total. The quantitative estimate of drug-likeness (QED) is 0.808. The van der Waals surface area contributed by atoms with Gasteiger partial charge in [-0.2, -0.15) is 0 Å². The minimum atomic E-state index is -0.521. The molecule has 1 saturated heterocycles. The Labute approximate surface area is 134 Å². The molecular weight excluding hydrogens is 282 g/mol. The molecule has 1 amide bonds. The van der Waals surface area contributed by atoms with Gasteiger partial charge in [-0.1, -0.05) is 13.8 Å². The second kappa shape index (κ2) is 6.00. The molecule has 2 fully saturated rings. The first kappa shape index (κ1) is 17.5. The summed E-state index contributed by atoms with van der Waals surface area (Å²) in [5.74, 6) is 0.0465. The predicted octanol–water partition coefficient (Wildman–Crippen LogP) is 2.81. The average Bonchev–Trinajstić information content (AvgIpc) is 2.62. The first-order valence-corrected chi connectivity index (χ1v) is 8.30. The molecule has 0 bridgehead atoms. The number of carbonyl (C=O) groups is 1. The maximum Gasteiger partial charge on any atom is 0.410 e. The lowest BCUT2D eigenvalue weighted by atomic mass is 9.84. The smallest absolute Gasteiger partial charge is 0.410 e. The molecule has 4 atom stereocenters. The van der Waals surface area contributed by atoms with Gasteiger partial charge in [-0.15, -0.1) is 0 Å². The van der Waals surface area contributed by atoms with Gasteiger partial charge in [-0.3, -0.25) is 4.90 Å². The van der Waals surface area contributed by atoms with Gasteiger partial charge in [0.15, 0.2) is 0 Å². The van der Waals surface area contributed by atoms with Crippen LogP contribution in [0.4, 0.5) is 4.79 Å². The number of nitrogens with zero attached hydrogens (tertiary/aromatic N) is 1. The third-order valence-corrected chi connectivity index (χ3v) is 4.91. The van der Waals surface area contributed by atoms with Crippen LogP contribution >= 0.6 is 0 Å². The van der Waals surface area contributed by atoms with Crippen molar-refractivity contribution in [2.75, 3.05) is 13.2 Å². The summed E-state index contributed by atoms with van der Waals surface area (Å²) in [5, 5.41) is 10.7. The van der Waals surface area contributed by atoms with Crippen molar-refractivity contribution in [2.45, 2.75) is 78.2 Å². The molecule has 2 aliphatic rings. The highest BCUT2D eigenvalue weighted by Gasteiger charge is 2.49. The fraction of sp³-hybridized carbons (Fsp3) is 0.941. The maximum absolute atomic E-state index is 12.6. The Morgan fingerprint density at radius 1 is 1.32 bits per heavy atom. The molecule has 0 aromatic rings. The van der Waals surface area contributed by atoms with Crippen molar-refractivity contribution in [3.8, 4) is 0 Å². The number of ether oxygens (including phenoxy) is 2. The Hall–Kier alpha value is -0.810. The number of carbonyl (C=O) groups excluding carboxylic acids is 1. The van der Waals surface area contributed by atoms with E-state index in [9.17, 15) is 9.90 Å². The molecule has 1 heterocycles. The third-order valence-electron chi connectivity index (χ3n) is 4.91. The van der Waals surface area contributed by atoms with Crippen molar-refractivity contribution in [2.24, 2.45) is 11.3 Å². The molecule has 2 rings (SSSR count). The summed E-state index contributed by atoms with van der Waals surface area (Å²) in [6, 6.07) is -0.153. The van der Waals surface area contributed by atoms with E-state index in [-0.39, 0.29) is 29.5 Å². The number of aliphatic hydroxyl groups is 1. The van der Waals surface area contributed by atoms with E-state index in [4.69, 9.17) is 9.47 Å². The van der Waals surface area contributed by atoms with Gasteiger partial charge in [-0.25, -0.2) is 4.79 Å². The highest BCUT2D eigenvalue weighted by atomic mass is 16.6. The maximum atomic E-state index is 12.6. The van der Waals surface area contributed by atoms with E-state index >= 15 is 0 Å². The van der Waals surface area contributed by atoms with Gasteiger partial charge in [0.2, 0.25) is 0 Å². The van der Waals surface area contributed by atoms with E-state index in [1.165, 1.54) is 0 Å². The summed E-state index contributed by atoms with van der Waals surface area (Å²) < 4.78 is 11.2. The molecule has 1 aliphatic carbocycles. The van der Waals surface area contributed by atoms with E-state index in [0.29, 0.717) is 13.2 Å². The molecule has 0 radical (unpaired) electrons. The average molecular weight is 313 g/mol. The molecule has 0 aromatic carbocycles. The van der Waals surface area contributed by atoms with Gasteiger partial charge in [0.1, 0.15) is 5.60 Å². The van der Waals surface area contributed by atoms with E-state index in [0.717, 1.165) is 12.8 Å². The third kappa shape index (κ3) is 3.57. The summed E-state index contributed by atoms with van der Waals surface area (Å²) >= 11 is 0. The zero-order valence-corrected chi connectivity index (χ0v) is 14.8. The van der Waals surface area contributed by atoms with Crippen LogP contribution in [0.1, 0.15) is 54.4 Å². The summed E-state index contributed by atoms with van der Waals surface area (Å²) in [6.07, 6.45) is 1.15. The van der Waals surface area contributed by atoms with Crippen LogP contribution in [0.15, 0.2) is 0 Å². The zero-order valence-electron chi connectivity index (χ0n) is 14.8.